The number of aromatic nitrogens is 4. The summed E-state index contributed by atoms with van der Waals surface area (Å²) in [5, 5.41) is 20.4. The summed E-state index contributed by atoms with van der Waals surface area (Å²) in [6, 6.07) is 0.496. The second kappa shape index (κ2) is 4.06. The van der Waals surface area contributed by atoms with Gasteiger partial charge >= 0.3 is 5.97 Å². The fourth-order valence-corrected chi connectivity index (χ4v) is 2.30. The van der Waals surface area contributed by atoms with Gasteiger partial charge < -0.3 is 5.11 Å². The zero-order valence-corrected chi connectivity index (χ0v) is 9.49. The molecule has 17 heavy (non-hydrogen) atoms. The first-order valence-corrected chi connectivity index (χ1v) is 5.93. The highest BCUT2D eigenvalue weighted by Gasteiger charge is 2.32. The van der Waals surface area contributed by atoms with Crippen LogP contribution in [0.3, 0.4) is 0 Å². The lowest BCUT2D eigenvalue weighted by molar-refractivity contribution is -0.139. The molecule has 0 atom stereocenters. The molecule has 1 aliphatic carbocycles. The minimum absolute atomic E-state index is 0.268. The summed E-state index contributed by atoms with van der Waals surface area (Å²) in [7, 11) is 0. The summed E-state index contributed by atoms with van der Waals surface area (Å²) in [6.45, 7) is 2.41. The summed E-state index contributed by atoms with van der Waals surface area (Å²) < 4.78 is 1.91. The van der Waals surface area contributed by atoms with Crippen molar-refractivity contribution in [3.63, 3.8) is 0 Å². The van der Waals surface area contributed by atoms with Crippen LogP contribution in [-0.4, -0.2) is 49.3 Å². The Morgan fingerprint density at radius 2 is 2.18 bits per heavy atom. The van der Waals surface area contributed by atoms with E-state index in [1.54, 1.807) is 0 Å². The summed E-state index contributed by atoms with van der Waals surface area (Å²) in [6.07, 6.45) is 2.60. The Balaban J connectivity index is 1.51. The molecule has 0 aromatic carbocycles. The molecule has 7 nitrogen and oxygen atoms in total. The fourth-order valence-electron chi connectivity index (χ4n) is 2.30. The molecule has 2 heterocycles. The van der Waals surface area contributed by atoms with Crippen LogP contribution < -0.4 is 0 Å². The zero-order valence-electron chi connectivity index (χ0n) is 9.49. The van der Waals surface area contributed by atoms with E-state index in [9.17, 15) is 4.79 Å². The van der Waals surface area contributed by atoms with Gasteiger partial charge in [-0.15, -0.1) is 5.10 Å². The number of hydrogen-bond acceptors (Lipinski definition) is 5. The minimum Gasteiger partial charge on any atom is -0.481 e. The second-order valence-corrected chi connectivity index (χ2v) is 4.93. The van der Waals surface area contributed by atoms with Crippen LogP contribution in [0.1, 0.15) is 31.1 Å². The Labute approximate surface area is 98.4 Å². The third-order valence-corrected chi connectivity index (χ3v) is 3.31. The van der Waals surface area contributed by atoms with E-state index < -0.39 is 5.97 Å². The van der Waals surface area contributed by atoms with Gasteiger partial charge in [0.15, 0.2) is 5.82 Å². The topological polar surface area (TPSA) is 84.1 Å². The maximum Gasteiger partial charge on any atom is 0.303 e. The first kappa shape index (κ1) is 10.6. The van der Waals surface area contributed by atoms with E-state index >= 15 is 0 Å². The van der Waals surface area contributed by atoms with Crippen LogP contribution >= 0.6 is 0 Å². The van der Waals surface area contributed by atoms with Crippen molar-refractivity contribution < 1.29 is 9.90 Å². The predicted molar refractivity (Wildman–Crippen MR) is 57.1 cm³/mol. The Morgan fingerprint density at radius 1 is 1.41 bits per heavy atom. The van der Waals surface area contributed by atoms with Crippen molar-refractivity contribution in [2.75, 3.05) is 13.1 Å². The normalized spacial score (nSPS) is 21.4. The largest absolute Gasteiger partial charge is 0.481 e. The third kappa shape index (κ3) is 2.28. The molecule has 1 saturated heterocycles. The van der Waals surface area contributed by atoms with Crippen molar-refractivity contribution in [3.05, 3.63) is 5.82 Å². The highest BCUT2D eigenvalue weighted by atomic mass is 16.4. The molecule has 3 rings (SSSR count). The SMILES string of the molecule is O=C(O)CC1CN(Cc2nnnn2C2CC2)C1. The van der Waals surface area contributed by atoms with Gasteiger partial charge in [-0.3, -0.25) is 9.69 Å². The molecule has 0 amide bonds. The molecule has 0 spiro atoms. The van der Waals surface area contributed by atoms with Gasteiger partial charge in [0.1, 0.15) is 0 Å². The first-order chi connectivity index (χ1) is 8.22. The van der Waals surface area contributed by atoms with Gasteiger partial charge in [0.2, 0.25) is 0 Å². The van der Waals surface area contributed by atoms with E-state index in [-0.39, 0.29) is 12.3 Å². The summed E-state index contributed by atoms with van der Waals surface area (Å²) in [5.74, 6) is 0.483. The lowest BCUT2D eigenvalue weighted by Gasteiger charge is -2.37. The van der Waals surface area contributed by atoms with E-state index in [0.29, 0.717) is 6.04 Å². The van der Waals surface area contributed by atoms with Gasteiger partial charge in [0, 0.05) is 13.1 Å². The molecule has 0 radical (unpaired) electrons. The number of rotatable bonds is 5. The summed E-state index contributed by atoms with van der Waals surface area (Å²) in [4.78, 5) is 12.7. The quantitative estimate of drug-likeness (QED) is 0.770. The predicted octanol–water partition coefficient (Wildman–Crippen LogP) is -0.0855. The van der Waals surface area contributed by atoms with Crippen LogP contribution in [0.15, 0.2) is 0 Å². The van der Waals surface area contributed by atoms with Gasteiger partial charge in [0.25, 0.3) is 0 Å². The van der Waals surface area contributed by atoms with E-state index in [4.69, 9.17) is 5.11 Å². The van der Waals surface area contributed by atoms with Crippen molar-refractivity contribution in [2.45, 2.75) is 31.8 Å². The molecule has 1 aromatic heterocycles. The van der Waals surface area contributed by atoms with Crippen LogP contribution in [0, 0.1) is 5.92 Å². The van der Waals surface area contributed by atoms with Crippen molar-refractivity contribution in [3.8, 4) is 0 Å². The van der Waals surface area contributed by atoms with Gasteiger partial charge in [0.05, 0.1) is 19.0 Å². The average Bonchev–Trinajstić information content (AvgIpc) is 2.96. The Hall–Kier alpha value is -1.50. The number of aliphatic carboxylic acids is 1. The molecular weight excluding hydrogens is 222 g/mol. The van der Waals surface area contributed by atoms with Crippen LogP contribution in [-0.2, 0) is 11.3 Å². The number of nitrogens with zero attached hydrogens (tertiary/aromatic N) is 5. The highest BCUT2D eigenvalue weighted by Crippen LogP contribution is 2.34. The lowest BCUT2D eigenvalue weighted by atomic mass is 9.96. The van der Waals surface area contributed by atoms with Crippen molar-refractivity contribution in [2.24, 2.45) is 5.92 Å². The molecule has 0 bridgehead atoms. The summed E-state index contributed by atoms with van der Waals surface area (Å²) in [5.41, 5.74) is 0. The molecule has 7 heteroatoms. The lowest BCUT2D eigenvalue weighted by Crippen LogP contribution is -2.47. The molecule has 92 valence electrons. The standard InChI is InChI=1S/C10H15N5O2/c16-10(17)3-7-4-14(5-7)6-9-11-12-13-15(9)8-1-2-8/h7-8H,1-6H2,(H,16,17). The molecule has 1 N–H and O–H groups in total. The molecule has 1 aliphatic heterocycles. The first-order valence-electron chi connectivity index (χ1n) is 5.93. The molecule has 2 fully saturated rings. The van der Waals surface area contributed by atoms with Gasteiger partial charge in [-0.25, -0.2) is 4.68 Å². The van der Waals surface area contributed by atoms with Gasteiger partial charge in [-0.05, 0) is 29.2 Å². The second-order valence-electron chi connectivity index (χ2n) is 4.93. The molecule has 1 aromatic rings. The number of likely N-dealkylation sites (tertiary alicyclic amines) is 1. The number of carbonyl (C=O) groups is 1. The number of carboxylic acid groups (broad SMARTS) is 1. The van der Waals surface area contributed by atoms with Gasteiger partial charge in [-0.1, -0.05) is 0 Å². The Kier molecular flexibility index (Phi) is 2.54. The van der Waals surface area contributed by atoms with Crippen molar-refractivity contribution >= 4 is 5.97 Å². The number of carboxylic acids is 1. The smallest absolute Gasteiger partial charge is 0.303 e. The monoisotopic (exact) mass is 237 g/mol. The number of tetrazole rings is 1. The third-order valence-electron chi connectivity index (χ3n) is 3.31. The Morgan fingerprint density at radius 3 is 2.82 bits per heavy atom. The molecular formula is C10H15N5O2. The van der Waals surface area contributed by atoms with Crippen LogP contribution in [0.5, 0.6) is 0 Å². The van der Waals surface area contributed by atoms with E-state index in [2.05, 4.69) is 20.4 Å². The van der Waals surface area contributed by atoms with E-state index in [1.807, 2.05) is 4.68 Å². The maximum atomic E-state index is 10.5. The Bertz CT molecular complexity index is 422. The van der Waals surface area contributed by atoms with E-state index in [0.717, 1.165) is 25.5 Å². The van der Waals surface area contributed by atoms with Crippen molar-refractivity contribution in [1.82, 2.24) is 25.1 Å². The van der Waals surface area contributed by atoms with Crippen molar-refractivity contribution in [1.29, 1.82) is 0 Å². The molecule has 2 aliphatic rings. The minimum atomic E-state index is -0.711. The average molecular weight is 237 g/mol. The fraction of sp³-hybridized carbons (Fsp3) is 0.800. The highest BCUT2D eigenvalue weighted by molar-refractivity contribution is 5.67. The number of hydrogen-bond donors (Lipinski definition) is 1. The molecule has 0 unspecified atom stereocenters. The van der Waals surface area contributed by atoms with Crippen LogP contribution in [0.2, 0.25) is 0 Å². The van der Waals surface area contributed by atoms with E-state index in [1.165, 1.54) is 12.8 Å². The van der Waals surface area contributed by atoms with Gasteiger partial charge in [-0.2, -0.15) is 0 Å². The zero-order chi connectivity index (χ0) is 11.8. The maximum absolute atomic E-state index is 10.5. The van der Waals surface area contributed by atoms with Crippen LogP contribution in [0.25, 0.3) is 0 Å². The molecule has 1 saturated carbocycles. The summed E-state index contributed by atoms with van der Waals surface area (Å²) >= 11 is 0. The van der Waals surface area contributed by atoms with Crippen LogP contribution in [0.4, 0.5) is 0 Å².